The smallest absolute Gasteiger partial charge is 0.316 e. The van der Waals surface area contributed by atoms with Crippen LogP contribution in [0.4, 0.5) is 15.8 Å². The molecule has 1 aliphatic rings. The van der Waals surface area contributed by atoms with Gasteiger partial charge < -0.3 is 15.1 Å². The van der Waals surface area contributed by atoms with Crippen LogP contribution in [0.3, 0.4) is 0 Å². The van der Waals surface area contributed by atoms with Crippen LogP contribution in [0.2, 0.25) is 0 Å². The van der Waals surface area contributed by atoms with Crippen molar-refractivity contribution >= 4 is 29.1 Å². The van der Waals surface area contributed by atoms with E-state index in [0.717, 1.165) is 0 Å². The highest BCUT2D eigenvalue weighted by atomic mass is 19.1. The molecule has 6 nitrogen and oxygen atoms in total. The van der Waals surface area contributed by atoms with Gasteiger partial charge in [0.2, 0.25) is 5.91 Å². The topological polar surface area (TPSA) is 69.7 Å². The fourth-order valence-corrected chi connectivity index (χ4v) is 2.59. The summed E-state index contributed by atoms with van der Waals surface area (Å²) < 4.78 is 13.0. The Kier molecular flexibility index (Phi) is 4.74. The van der Waals surface area contributed by atoms with Crippen molar-refractivity contribution in [1.29, 1.82) is 0 Å². The fraction of sp³-hybridized carbons (Fsp3) is 0.167. The molecule has 1 N–H and O–H groups in total. The van der Waals surface area contributed by atoms with Crippen LogP contribution >= 0.6 is 0 Å². The van der Waals surface area contributed by atoms with E-state index in [1.165, 1.54) is 34.1 Å². The van der Waals surface area contributed by atoms with Crippen molar-refractivity contribution in [2.24, 2.45) is 0 Å². The van der Waals surface area contributed by atoms with E-state index in [0.29, 0.717) is 11.4 Å². The third-order valence-corrected chi connectivity index (χ3v) is 3.84. The lowest BCUT2D eigenvalue weighted by atomic mass is 10.2. The number of piperazine rings is 1. The van der Waals surface area contributed by atoms with Gasteiger partial charge in [-0.15, -0.1) is 0 Å². The number of rotatable bonds is 4. The van der Waals surface area contributed by atoms with Gasteiger partial charge in [-0.25, -0.2) is 4.39 Å². The molecule has 0 aromatic heterocycles. The Hall–Kier alpha value is -3.22. The van der Waals surface area contributed by atoms with E-state index in [2.05, 4.69) is 5.32 Å². The molecule has 0 radical (unpaired) electrons. The summed E-state index contributed by atoms with van der Waals surface area (Å²) in [6.07, 6.45) is 0. The standard InChI is InChI=1S/C18H16FN3O3/c19-13-6-8-15(9-7-13)22-11-10-21(17(24)18(22)25)12-16(23)20-14-4-2-1-3-5-14/h1-9H,10-12H2,(H,20,23). The minimum absolute atomic E-state index is 0.198. The van der Waals surface area contributed by atoms with Gasteiger partial charge in [-0.3, -0.25) is 14.4 Å². The highest BCUT2D eigenvalue weighted by Gasteiger charge is 2.34. The summed E-state index contributed by atoms with van der Waals surface area (Å²) in [7, 11) is 0. The van der Waals surface area contributed by atoms with Gasteiger partial charge in [-0.1, -0.05) is 18.2 Å². The molecule has 0 atom stereocenters. The summed E-state index contributed by atoms with van der Waals surface area (Å²) in [5.74, 6) is -2.27. The number of nitrogens with zero attached hydrogens (tertiary/aromatic N) is 2. The molecule has 1 heterocycles. The lowest BCUT2D eigenvalue weighted by molar-refractivity contribution is -0.147. The molecule has 25 heavy (non-hydrogen) atoms. The number of carbonyl (C=O) groups excluding carboxylic acids is 3. The molecule has 0 saturated carbocycles. The van der Waals surface area contributed by atoms with Crippen LogP contribution in [0.25, 0.3) is 0 Å². The summed E-state index contributed by atoms with van der Waals surface area (Å²) in [5, 5.41) is 2.67. The predicted molar refractivity (Wildman–Crippen MR) is 90.4 cm³/mol. The fourth-order valence-electron chi connectivity index (χ4n) is 2.59. The van der Waals surface area contributed by atoms with Gasteiger partial charge in [0, 0.05) is 24.5 Å². The molecule has 1 saturated heterocycles. The molecule has 0 bridgehead atoms. The minimum Gasteiger partial charge on any atom is -0.325 e. The third kappa shape index (κ3) is 3.82. The highest BCUT2D eigenvalue weighted by molar-refractivity contribution is 6.41. The van der Waals surface area contributed by atoms with Gasteiger partial charge in [0.05, 0.1) is 0 Å². The first-order valence-electron chi connectivity index (χ1n) is 7.76. The maximum absolute atomic E-state index is 13.0. The normalized spacial score (nSPS) is 14.6. The van der Waals surface area contributed by atoms with Gasteiger partial charge >= 0.3 is 11.8 Å². The van der Waals surface area contributed by atoms with E-state index in [9.17, 15) is 18.8 Å². The maximum atomic E-state index is 13.0. The van der Waals surface area contributed by atoms with Crippen molar-refractivity contribution in [3.63, 3.8) is 0 Å². The number of para-hydroxylation sites is 1. The van der Waals surface area contributed by atoms with E-state index in [4.69, 9.17) is 0 Å². The van der Waals surface area contributed by atoms with E-state index < -0.39 is 17.6 Å². The number of hydrogen-bond donors (Lipinski definition) is 1. The number of benzene rings is 2. The summed E-state index contributed by atoms with van der Waals surface area (Å²) in [4.78, 5) is 39.1. The van der Waals surface area contributed by atoms with Crippen molar-refractivity contribution in [1.82, 2.24) is 4.90 Å². The van der Waals surface area contributed by atoms with Crippen molar-refractivity contribution < 1.29 is 18.8 Å². The molecule has 1 fully saturated rings. The van der Waals surface area contributed by atoms with Gasteiger partial charge in [0.1, 0.15) is 12.4 Å². The molecule has 0 unspecified atom stereocenters. The molecule has 0 spiro atoms. The Bertz CT molecular complexity index is 793. The van der Waals surface area contributed by atoms with Crippen molar-refractivity contribution in [2.75, 3.05) is 29.9 Å². The van der Waals surface area contributed by atoms with E-state index >= 15 is 0 Å². The molecular weight excluding hydrogens is 325 g/mol. The Balaban J connectivity index is 1.62. The van der Waals surface area contributed by atoms with Crippen LogP contribution < -0.4 is 10.2 Å². The van der Waals surface area contributed by atoms with Crippen LogP contribution in [0, 0.1) is 5.82 Å². The van der Waals surface area contributed by atoms with Gasteiger partial charge in [0.15, 0.2) is 0 Å². The quantitative estimate of drug-likeness (QED) is 0.860. The average Bonchev–Trinajstić information content (AvgIpc) is 2.61. The van der Waals surface area contributed by atoms with Gasteiger partial charge in [-0.2, -0.15) is 0 Å². The number of nitrogens with one attached hydrogen (secondary N) is 1. The number of halogens is 1. The number of amides is 3. The summed E-state index contributed by atoms with van der Waals surface area (Å²) in [6, 6.07) is 14.2. The Morgan fingerprint density at radius 1 is 0.960 bits per heavy atom. The summed E-state index contributed by atoms with van der Waals surface area (Å²) in [5.41, 5.74) is 1.07. The van der Waals surface area contributed by atoms with Crippen LogP contribution in [-0.4, -0.2) is 42.3 Å². The van der Waals surface area contributed by atoms with Crippen LogP contribution in [-0.2, 0) is 14.4 Å². The first-order chi connectivity index (χ1) is 12.0. The molecule has 0 aliphatic carbocycles. The average molecular weight is 341 g/mol. The molecule has 2 aromatic carbocycles. The Morgan fingerprint density at radius 2 is 1.64 bits per heavy atom. The van der Waals surface area contributed by atoms with Crippen LogP contribution in [0.5, 0.6) is 0 Å². The minimum atomic E-state index is -0.751. The first-order valence-corrected chi connectivity index (χ1v) is 7.76. The molecular formula is C18H16FN3O3. The lowest BCUT2D eigenvalue weighted by Crippen LogP contribution is -2.56. The zero-order valence-corrected chi connectivity index (χ0v) is 13.3. The summed E-state index contributed by atoms with van der Waals surface area (Å²) >= 11 is 0. The maximum Gasteiger partial charge on any atom is 0.316 e. The molecule has 3 rings (SSSR count). The second-order valence-electron chi connectivity index (χ2n) is 5.57. The number of carbonyl (C=O) groups is 3. The number of hydrogen-bond acceptors (Lipinski definition) is 3. The van der Waals surface area contributed by atoms with E-state index in [1.807, 2.05) is 6.07 Å². The predicted octanol–water partition coefficient (Wildman–Crippen LogP) is 1.64. The number of anilines is 2. The molecule has 1 aliphatic heterocycles. The van der Waals surface area contributed by atoms with Crippen LogP contribution in [0.15, 0.2) is 54.6 Å². The zero-order valence-electron chi connectivity index (χ0n) is 13.3. The summed E-state index contributed by atoms with van der Waals surface area (Å²) in [6.45, 7) is 0.274. The van der Waals surface area contributed by atoms with Crippen LogP contribution in [0.1, 0.15) is 0 Å². The van der Waals surface area contributed by atoms with Gasteiger partial charge in [-0.05, 0) is 36.4 Å². The third-order valence-electron chi connectivity index (χ3n) is 3.84. The van der Waals surface area contributed by atoms with Crippen molar-refractivity contribution in [2.45, 2.75) is 0 Å². The molecule has 3 amide bonds. The molecule has 128 valence electrons. The largest absolute Gasteiger partial charge is 0.325 e. The van der Waals surface area contributed by atoms with Crippen molar-refractivity contribution in [3.05, 3.63) is 60.4 Å². The van der Waals surface area contributed by atoms with Gasteiger partial charge in [0.25, 0.3) is 0 Å². The molecule has 7 heteroatoms. The highest BCUT2D eigenvalue weighted by Crippen LogP contribution is 2.18. The lowest BCUT2D eigenvalue weighted by Gasteiger charge is -2.33. The SMILES string of the molecule is O=C(CN1CCN(c2ccc(F)cc2)C(=O)C1=O)Nc1ccccc1. The second-order valence-corrected chi connectivity index (χ2v) is 5.57. The second kappa shape index (κ2) is 7.12. The Labute approximate surface area is 143 Å². The first kappa shape index (κ1) is 16.6. The monoisotopic (exact) mass is 341 g/mol. The Morgan fingerprint density at radius 3 is 2.32 bits per heavy atom. The van der Waals surface area contributed by atoms with E-state index in [1.54, 1.807) is 24.3 Å². The molecule has 2 aromatic rings. The van der Waals surface area contributed by atoms with E-state index in [-0.39, 0.29) is 25.5 Å². The zero-order chi connectivity index (χ0) is 17.8. The van der Waals surface area contributed by atoms with Crippen molar-refractivity contribution in [3.8, 4) is 0 Å².